The standard InChI is InChI=1S/C21H32O3/c1-11-14-12-15(19(2,3)4)17(16(13-14)20(5,6)7)23-18(22)24-21(8,9)10/h11-13H,1H2,2-10H3. The van der Waals surface area contributed by atoms with Gasteiger partial charge in [-0.25, -0.2) is 4.79 Å². The topological polar surface area (TPSA) is 35.5 Å². The molecule has 0 N–H and O–H groups in total. The van der Waals surface area contributed by atoms with E-state index in [4.69, 9.17) is 9.47 Å². The third kappa shape index (κ3) is 5.40. The summed E-state index contributed by atoms with van der Waals surface area (Å²) in [4.78, 5) is 12.3. The highest BCUT2D eigenvalue weighted by Gasteiger charge is 2.30. The first-order valence-electron chi connectivity index (χ1n) is 8.37. The molecule has 0 unspecified atom stereocenters. The van der Waals surface area contributed by atoms with Gasteiger partial charge >= 0.3 is 6.16 Å². The first-order valence-corrected chi connectivity index (χ1v) is 8.37. The Kier molecular flexibility index (Phi) is 5.59. The lowest BCUT2D eigenvalue weighted by atomic mass is 9.78. The van der Waals surface area contributed by atoms with Crippen molar-refractivity contribution in [2.45, 2.75) is 78.7 Å². The highest BCUT2D eigenvalue weighted by molar-refractivity contribution is 5.68. The van der Waals surface area contributed by atoms with Crippen LogP contribution in [0.1, 0.15) is 79.0 Å². The number of hydrogen-bond donors (Lipinski definition) is 0. The number of rotatable bonds is 2. The molecule has 0 amide bonds. The van der Waals surface area contributed by atoms with Crippen LogP contribution in [-0.2, 0) is 15.6 Å². The van der Waals surface area contributed by atoms with E-state index < -0.39 is 11.8 Å². The SMILES string of the molecule is C=Cc1cc(C(C)(C)C)c(OC(=O)OC(C)(C)C)c(C(C)(C)C)c1. The number of carbonyl (C=O) groups excluding carboxylic acids is 1. The third-order valence-corrected chi connectivity index (χ3v) is 3.54. The van der Waals surface area contributed by atoms with Crippen LogP contribution >= 0.6 is 0 Å². The lowest BCUT2D eigenvalue weighted by molar-refractivity contribution is 0.0199. The molecule has 0 aromatic heterocycles. The Hall–Kier alpha value is -1.77. The summed E-state index contributed by atoms with van der Waals surface area (Å²) in [6, 6.07) is 4.06. The van der Waals surface area contributed by atoms with Gasteiger partial charge in [-0.1, -0.05) is 54.2 Å². The van der Waals surface area contributed by atoms with Crippen molar-refractivity contribution in [3.63, 3.8) is 0 Å². The Morgan fingerprint density at radius 1 is 0.917 bits per heavy atom. The fourth-order valence-electron chi connectivity index (χ4n) is 2.35. The Balaban J connectivity index is 3.54. The van der Waals surface area contributed by atoms with E-state index >= 15 is 0 Å². The van der Waals surface area contributed by atoms with Crippen LogP contribution in [0.4, 0.5) is 4.79 Å². The molecule has 134 valence electrons. The Labute approximate surface area is 147 Å². The first kappa shape index (κ1) is 20.3. The van der Waals surface area contributed by atoms with Crippen molar-refractivity contribution in [1.82, 2.24) is 0 Å². The highest BCUT2D eigenvalue weighted by Crippen LogP contribution is 2.41. The first-order chi connectivity index (χ1) is 10.6. The minimum absolute atomic E-state index is 0.184. The normalized spacial score (nSPS) is 12.7. The van der Waals surface area contributed by atoms with Crippen molar-refractivity contribution in [3.8, 4) is 5.75 Å². The van der Waals surface area contributed by atoms with Gasteiger partial charge in [0.1, 0.15) is 11.4 Å². The maximum absolute atomic E-state index is 12.3. The van der Waals surface area contributed by atoms with Gasteiger partial charge in [0.25, 0.3) is 0 Å². The molecular weight excluding hydrogens is 300 g/mol. The fourth-order valence-corrected chi connectivity index (χ4v) is 2.35. The van der Waals surface area contributed by atoms with Crippen LogP contribution in [0.15, 0.2) is 18.7 Å². The predicted octanol–water partition coefficient (Wildman–Crippen LogP) is 6.24. The van der Waals surface area contributed by atoms with Crippen LogP contribution in [0.2, 0.25) is 0 Å². The maximum atomic E-state index is 12.3. The summed E-state index contributed by atoms with van der Waals surface area (Å²) >= 11 is 0. The molecule has 3 heteroatoms. The second-order valence-electron chi connectivity index (χ2n) is 9.22. The summed E-state index contributed by atoms with van der Waals surface area (Å²) in [7, 11) is 0. The van der Waals surface area contributed by atoms with Gasteiger partial charge in [0.05, 0.1) is 0 Å². The largest absolute Gasteiger partial charge is 0.514 e. The molecule has 0 aliphatic heterocycles. The molecular formula is C21H32O3. The van der Waals surface area contributed by atoms with E-state index in [9.17, 15) is 4.79 Å². The smallest absolute Gasteiger partial charge is 0.428 e. The van der Waals surface area contributed by atoms with E-state index in [1.165, 1.54) is 0 Å². The molecule has 0 radical (unpaired) electrons. The molecule has 1 rings (SSSR count). The Morgan fingerprint density at radius 3 is 1.62 bits per heavy atom. The summed E-state index contributed by atoms with van der Waals surface area (Å²) in [5, 5.41) is 0. The second kappa shape index (κ2) is 6.62. The van der Waals surface area contributed by atoms with Crippen molar-refractivity contribution in [3.05, 3.63) is 35.4 Å². The number of ether oxygens (including phenoxy) is 2. The van der Waals surface area contributed by atoms with Crippen LogP contribution in [0.5, 0.6) is 5.75 Å². The van der Waals surface area contributed by atoms with Gasteiger partial charge in [-0.05, 0) is 49.3 Å². The quantitative estimate of drug-likeness (QED) is 0.475. The number of benzene rings is 1. The Bertz CT molecular complexity index is 585. The van der Waals surface area contributed by atoms with Gasteiger partial charge in [-0.3, -0.25) is 0 Å². The molecule has 0 saturated carbocycles. The maximum Gasteiger partial charge on any atom is 0.514 e. The van der Waals surface area contributed by atoms with Crippen LogP contribution < -0.4 is 4.74 Å². The van der Waals surface area contributed by atoms with Gasteiger partial charge in [-0.2, -0.15) is 0 Å². The summed E-state index contributed by atoms with van der Waals surface area (Å²) in [5.74, 6) is 0.592. The molecule has 0 fully saturated rings. The van der Waals surface area contributed by atoms with Crippen molar-refractivity contribution in [2.24, 2.45) is 0 Å². The van der Waals surface area contributed by atoms with E-state index in [-0.39, 0.29) is 10.8 Å². The molecule has 0 bridgehead atoms. The third-order valence-electron chi connectivity index (χ3n) is 3.54. The zero-order chi connectivity index (χ0) is 18.9. The van der Waals surface area contributed by atoms with E-state index in [0.29, 0.717) is 5.75 Å². The Morgan fingerprint density at radius 2 is 1.33 bits per heavy atom. The molecule has 3 nitrogen and oxygen atoms in total. The monoisotopic (exact) mass is 332 g/mol. The summed E-state index contributed by atoms with van der Waals surface area (Å²) < 4.78 is 11.1. The van der Waals surface area contributed by atoms with E-state index in [1.54, 1.807) is 0 Å². The van der Waals surface area contributed by atoms with Gasteiger partial charge in [0, 0.05) is 11.1 Å². The van der Waals surface area contributed by atoms with E-state index in [1.807, 2.05) is 39.0 Å². The molecule has 24 heavy (non-hydrogen) atoms. The van der Waals surface area contributed by atoms with Crippen molar-refractivity contribution in [2.75, 3.05) is 0 Å². The van der Waals surface area contributed by atoms with Gasteiger partial charge < -0.3 is 9.47 Å². The number of hydrogen-bond acceptors (Lipinski definition) is 3. The zero-order valence-corrected chi connectivity index (χ0v) is 16.7. The molecule has 0 saturated heterocycles. The van der Waals surface area contributed by atoms with Crippen molar-refractivity contribution in [1.29, 1.82) is 0 Å². The van der Waals surface area contributed by atoms with Crippen molar-refractivity contribution < 1.29 is 14.3 Å². The molecule has 0 aliphatic rings. The van der Waals surface area contributed by atoms with Gasteiger partial charge in [-0.15, -0.1) is 0 Å². The van der Waals surface area contributed by atoms with E-state index in [2.05, 4.69) is 48.1 Å². The lowest BCUT2D eigenvalue weighted by Crippen LogP contribution is -2.28. The van der Waals surface area contributed by atoms with Crippen molar-refractivity contribution >= 4 is 12.2 Å². The lowest BCUT2D eigenvalue weighted by Gasteiger charge is -2.30. The second-order valence-corrected chi connectivity index (χ2v) is 9.22. The van der Waals surface area contributed by atoms with Crippen LogP contribution in [0.25, 0.3) is 6.08 Å². The number of carbonyl (C=O) groups is 1. The average molecular weight is 332 g/mol. The summed E-state index contributed by atoms with van der Waals surface area (Å²) in [6.07, 6.45) is 1.15. The fraction of sp³-hybridized carbons (Fsp3) is 0.571. The zero-order valence-electron chi connectivity index (χ0n) is 16.7. The minimum atomic E-state index is -0.676. The molecule has 0 atom stereocenters. The molecule has 0 heterocycles. The molecule has 1 aromatic carbocycles. The highest BCUT2D eigenvalue weighted by atomic mass is 16.7. The van der Waals surface area contributed by atoms with Crippen LogP contribution in [0.3, 0.4) is 0 Å². The summed E-state index contributed by atoms with van der Waals surface area (Å²) in [5.41, 5.74) is 1.99. The van der Waals surface area contributed by atoms with E-state index in [0.717, 1.165) is 16.7 Å². The molecule has 0 spiro atoms. The van der Waals surface area contributed by atoms with Gasteiger partial charge in [0.2, 0.25) is 0 Å². The van der Waals surface area contributed by atoms with Crippen LogP contribution in [0, 0.1) is 0 Å². The minimum Gasteiger partial charge on any atom is -0.428 e. The van der Waals surface area contributed by atoms with Gasteiger partial charge in [0.15, 0.2) is 0 Å². The predicted molar refractivity (Wildman–Crippen MR) is 101 cm³/mol. The van der Waals surface area contributed by atoms with Crippen LogP contribution in [-0.4, -0.2) is 11.8 Å². The average Bonchev–Trinajstić information content (AvgIpc) is 2.33. The molecule has 0 aliphatic carbocycles. The summed E-state index contributed by atoms with van der Waals surface area (Å²) in [6.45, 7) is 22.0. The molecule has 1 aromatic rings.